The fourth-order valence-electron chi connectivity index (χ4n) is 3.39. The van der Waals surface area contributed by atoms with E-state index in [2.05, 4.69) is 5.32 Å². The van der Waals surface area contributed by atoms with Crippen LogP contribution in [0, 0.1) is 5.92 Å². The first-order chi connectivity index (χ1) is 9.63. The number of imide groups is 1. The molecule has 0 bridgehead atoms. The summed E-state index contributed by atoms with van der Waals surface area (Å²) in [5, 5.41) is 3.31. The summed E-state index contributed by atoms with van der Waals surface area (Å²) in [6, 6.07) is -0.250. The lowest BCUT2D eigenvalue weighted by Gasteiger charge is -2.23. The third-order valence-corrected chi connectivity index (χ3v) is 4.88. The zero-order valence-corrected chi connectivity index (χ0v) is 12.9. The van der Waals surface area contributed by atoms with Gasteiger partial charge in [0.1, 0.15) is 0 Å². The molecule has 0 aromatic heterocycles. The molecule has 0 aromatic carbocycles. The Morgan fingerprint density at radius 1 is 1.25 bits per heavy atom. The third kappa shape index (κ3) is 3.60. The van der Waals surface area contributed by atoms with Gasteiger partial charge in [-0.05, 0) is 32.2 Å². The molecule has 4 heteroatoms. The average molecular weight is 280 g/mol. The Hall–Kier alpha value is -0.900. The molecule has 1 heterocycles. The van der Waals surface area contributed by atoms with Gasteiger partial charge < -0.3 is 5.32 Å². The lowest BCUT2D eigenvalue weighted by atomic mass is 9.87. The van der Waals surface area contributed by atoms with E-state index in [1.165, 1.54) is 37.0 Å². The van der Waals surface area contributed by atoms with Crippen LogP contribution in [0.3, 0.4) is 0 Å². The molecule has 2 rings (SSSR count). The Balaban J connectivity index is 1.76. The third-order valence-electron chi connectivity index (χ3n) is 4.88. The van der Waals surface area contributed by atoms with Crippen LogP contribution in [0.25, 0.3) is 0 Å². The molecule has 0 spiro atoms. The van der Waals surface area contributed by atoms with E-state index in [9.17, 15) is 9.59 Å². The molecular weight excluding hydrogens is 252 g/mol. The standard InChI is InChI=1S/C16H28N2O2/c1-3-12(2)18-15(19)11-14(16(18)20)17-10-9-13-7-5-4-6-8-13/h12-14,17H,3-11H2,1-2H3. The number of carbonyl (C=O) groups is 2. The zero-order valence-electron chi connectivity index (χ0n) is 12.9. The minimum absolute atomic E-state index is 0.0143. The second-order valence-electron chi connectivity index (χ2n) is 6.36. The van der Waals surface area contributed by atoms with Gasteiger partial charge in [-0.1, -0.05) is 39.0 Å². The number of hydrogen-bond donors (Lipinski definition) is 1. The first-order valence-corrected chi connectivity index (χ1v) is 8.22. The van der Waals surface area contributed by atoms with Gasteiger partial charge in [0, 0.05) is 6.04 Å². The highest BCUT2D eigenvalue weighted by Crippen LogP contribution is 2.26. The summed E-state index contributed by atoms with van der Waals surface area (Å²) in [4.78, 5) is 25.6. The number of nitrogens with zero attached hydrogens (tertiary/aromatic N) is 1. The van der Waals surface area contributed by atoms with Crippen LogP contribution in [0.1, 0.15) is 65.2 Å². The highest BCUT2D eigenvalue weighted by atomic mass is 16.2. The van der Waals surface area contributed by atoms with E-state index < -0.39 is 0 Å². The number of carbonyl (C=O) groups excluding carboxylic acids is 2. The Morgan fingerprint density at radius 2 is 1.95 bits per heavy atom. The Morgan fingerprint density at radius 3 is 2.60 bits per heavy atom. The first-order valence-electron chi connectivity index (χ1n) is 8.22. The molecule has 4 nitrogen and oxygen atoms in total. The van der Waals surface area contributed by atoms with Crippen molar-refractivity contribution in [3.05, 3.63) is 0 Å². The number of nitrogens with one attached hydrogen (secondary N) is 1. The molecule has 2 amide bonds. The summed E-state index contributed by atoms with van der Waals surface area (Å²) in [7, 11) is 0. The van der Waals surface area contributed by atoms with Gasteiger partial charge in [-0.3, -0.25) is 14.5 Å². The van der Waals surface area contributed by atoms with Crippen molar-refractivity contribution in [3.63, 3.8) is 0 Å². The minimum atomic E-state index is -0.278. The van der Waals surface area contributed by atoms with Crippen molar-refractivity contribution in [2.24, 2.45) is 5.92 Å². The second-order valence-corrected chi connectivity index (χ2v) is 6.36. The van der Waals surface area contributed by atoms with Crippen LogP contribution in [0.2, 0.25) is 0 Å². The van der Waals surface area contributed by atoms with Gasteiger partial charge in [0.05, 0.1) is 12.5 Å². The van der Waals surface area contributed by atoms with Gasteiger partial charge in [-0.25, -0.2) is 0 Å². The SMILES string of the molecule is CCC(C)N1C(=O)CC(NCCC2CCCCC2)C1=O. The maximum Gasteiger partial charge on any atom is 0.247 e. The molecule has 1 N–H and O–H groups in total. The fraction of sp³-hybridized carbons (Fsp3) is 0.875. The molecule has 1 aliphatic heterocycles. The number of rotatable bonds is 6. The van der Waals surface area contributed by atoms with Crippen LogP contribution in [0.15, 0.2) is 0 Å². The summed E-state index contributed by atoms with van der Waals surface area (Å²) >= 11 is 0. The Kier molecular flexibility index (Phi) is 5.58. The number of amides is 2. The first kappa shape index (κ1) is 15.5. The highest BCUT2D eigenvalue weighted by molar-refractivity contribution is 6.05. The van der Waals surface area contributed by atoms with E-state index in [0.29, 0.717) is 6.42 Å². The van der Waals surface area contributed by atoms with Crippen LogP contribution < -0.4 is 5.32 Å². The maximum absolute atomic E-state index is 12.2. The monoisotopic (exact) mass is 280 g/mol. The van der Waals surface area contributed by atoms with Crippen LogP contribution in [-0.2, 0) is 9.59 Å². The van der Waals surface area contributed by atoms with Gasteiger partial charge in [0.15, 0.2) is 0 Å². The molecule has 0 radical (unpaired) electrons. The maximum atomic E-state index is 12.2. The van der Waals surface area contributed by atoms with Crippen molar-refractivity contribution in [2.45, 2.75) is 77.3 Å². The summed E-state index contributed by atoms with van der Waals surface area (Å²) < 4.78 is 0. The summed E-state index contributed by atoms with van der Waals surface area (Å²) in [5.74, 6) is 0.779. The van der Waals surface area contributed by atoms with Crippen molar-refractivity contribution in [1.29, 1.82) is 0 Å². The number of hydrogen-bond acceptors (Lipinski definition) is 3. The molecule has 0 aromatic rings. The molecule has 20 heavy (non-hydrogen) atoms. The van der Waals surface area contributed by atoms with E-state index >= 15 is 0 Å². The highest BCUT2D eigenvalue weighted by Gasteiger charge is 2.40. The quantitative estimate of drug-likeness (QED) is 0.760. The van der Waals surface area contributed by atoms with E-state index in [-0.39, 0.29) is 23.9 Å². The molecule has 2 fully saturated rings. The van der Waals surface area contributed by atoms with E-state index in [0.717, 1.165) is 25.3 Å². The van der Waals surface area contributed by atoms with Gasteiger partial charge >= 0.3 is 0 Å². The Labute approximate surface area is 122 Å². The summed E-state index contributed by atoms with van der Waals surface area (Å²) in [6.45, 7) is 4.82. The smallest absolute Gasteiger partial charge is 0.247 e. The van der Waals surface area contributed by atoms with Crippen LogP contribution in [-0.4, -0.2) is 35.3 Å². The lowest BCUT2D eigenvalue weighted by Crippen LogP contribution is -2.43. The normalized spacial score (nSPS) is 26.3. The average Bonchev–Trinajstić information content (AvgIpc) is 2.74. The lowest BCUT2D eigenvalue weighted by molar-refractivity contribution is -0.141. The predicted octanol–water partition coefficient (Wildman–Crippen LogP) is 2.47. The van der Waals surface area contributed by atoms with Crippen LogP contribution in [0.5, 0.6) is 0 Å². The summed E-state index contributed by atoms with van der Waals surface area (Å²) in [6.07, 6.45) is 9.06. The molecule has 2 aliphatic rings. The van der Waals surface area contributed by atoms with Crippen molar-refractivity contribution in [3.8, 4) is 0 Å². The molecule has 1 aliphatic carbocycles. The van der Waals surface area contributed by atoms with Crippen molar-refractivity contribution < 1.29 is 9.59 Å². The molecule has 2 unspecified atom stereocenters. The van der Waals surface area contributed by atoms with Crippen molar-refractivity contribution in [2.75, 3.05) is 6.54 Å². The van der Waals surface area contributed by atoms with E-state index in [1.54, 1.807) is 0 Å². The van der Waals surface area contributed by atoms with E-state index in [4.69, 9.17) is 0 Å². The molecular formula is C16H28N2O2. The largest absolute Gasteiger partial charge is 0.305 e. The fourth-order valence-corrected chi connectivity index (χ4v) is 3.39. The zero-order chi connectivity index (χ0) is 14.5. The van der Waals surface area contributed by atoms with Crippen molar-refractivity contribution >= 4 is 11.8 Å². The van der Waals surface area contributed by atoms with Crippen LogP contribution >= 0.6 is 0 Å². The van der Waals surface area contributed by atoms with Gasteiger partial charge in [-0.2, -0.15) is 0 Å². The predicted molar refractivity (Wildman–Crippen MR) is 79.2 cm³/mol. The van der Waals surface area contributed by atoms with Gasteiger partial charge in [-0.15, -0.1) is 0 Å². The van der Waals surface area contributed by atoms with E-state index in [1.807, 2.05) is 13.8 Å². The van der Waals surface area contributed by atoms with Crippen LogP contribution in [0.4, 0.5) is 0 Å². The van der Waals surface area contributed by atoms with Gasteiger partial charge in [0.2, 0.25) is 11.8 Å². The number of likely N-dealkylation sites (tertiary alicyclic amines) is 1. The molecule has 1 saturated heterocycles. The molecule has 1 saturated carbocycles. The minimum Gasteiger partial charge on any atom is -0.305 e. The summed E-state index contributed by atoms with van der Waals surface area (Å²) in [5.41, 5.74) is 0. The topological polar surface area (TPSA) is 49.4 Å². The van der Waals surface area contributed by atoms with Gasteiger partial charge in [0.25, 0.3) is 0 Å². The molecule has 114 valence electrons. The van der Waals surface area contributed by atoms with Crippen molar-refractivity contribution in [1.82, 2.24) is 10.2 Å². The second kappa shape index (κ2) is 7.21. The molecule has 2 atom stereocenters. The Bertz CT molecular complexity index is 350.